The number of nitrogens with zero attached hydrogens (tertiary/aromatic N) is 4. The molecule has 2 fully saturated rings. The Labute approximate surface area is 210 Å². The van der Waals surface area contributed by atoms with Crippen molar-refractivity contribution in [1.29, 1.82) is 0 Å². The van der Waals surface area contributed by atoms with Gasteiger partial charge in [0.15, 0.2) is 0 Å². The summed E-state index contributed by atoms with van der Waals surface area (Å²) in [4.78, 5) is 45.6. The molecular weight excluding hydrogens is 465 g/mol. The number of benzene rings is 1. The van der Waals surface area contributed by atoms with Gasteiger partial charge in [0.25, 0.3) is 0 Å². The highest BCUT2D eigenvalue weighted by molar-refractivity contribution is 5.90. The SMILES string of the molecule is CC(C)(C)C(=O)N1CCN(c2ccc(-c3ccc(N4CC(CCC(N)=O)OC4=O)cc3F)cn2)CC1. The third kappa shape index (κ3) is 5.58. The largest absolute Gasteiger partial charge is 0.444 e. The molecule has 1 atom stereocenters. The molecule has 2 N–H and O–H groups in total. The maximum atomic E-state index is 15.0. The minimum absolute atomic E-state index is 0.118. The van der Waals surface area contributed by atoms with E-state index in [1.807, 2.05) is 37.8 Å². The molecule has 9 nitrogen and oxygen atoms in total. The van der Waals surface area contributed by atoms with Crippen molar-refractivity contribution in [3.63, 3.8) is 0 Å². The lowest BCUT2D eigenvalue weighted by Gasteiger charge is -2.38. The average Bonchev–Trinajstić information content (AvgIpc) is 3.22. The minimum atomic E-state index is -0.577. The summed E-state index contributed by atoms with van der Waals surface area (Å²) in [5, 5.41) is 0. The lowest BCUT2D eigenvalue weighted by molar-refractivity contribution is -0.139. The number of rotatable bonds is 6. The van der Waals surface area contributed by atoms with E-state index < -0.39 is 29.3 Å². The number of amides is 3. The number of nitrogens with two attached hydrogens (primary N) is 1. The van der Waals surface area contributed by atoms with Crippen LogP contribution in [0.5, 0.6) is 0 Å². The predicted octanol–water partition coefficient (Wildman–Crippen LogP) is 3.17. The molecule has 2 aromatic rings. The van der Waals surface area contributed by atoms with E-state index in [2.05, 4.69) is 9.88 Å². The number of anilines is 2. The fourth-order valence-electron chi connectivity index (χ4n) is 4.44. The number of piperazine rings is 1. The molecule has 2 aliphatic rings. The summed E-state index contributed by atoms with van der Waals surface area (Å²) < 4.78 is 20.3. The Morgan fingerprint density at radius 2 is 1.86 bits per heavy atom. The molecule has 0 spiro atoms. The van der Waals surface area contributed by atoms with Crippen LogP contribution in [0.4, 0.5) is 20.7 Å². The summed E-state index contributed by atoms with van der Waals surface area (Å²) in [6, 6.07) is 8.24. The number of pyridine rings is 1. The molecule has 4 rings (SSSR count). The van der Waals surface area contributed by atoms with Crippen molar-refractivity contribution < 1.29 is 23.5 Å². The third-order valence-electron chi connectivity index (χ3n) is 6.44. The van der Waals surface area contributed by atoms with Crippen LogP contribution >= 0.6 is 0 Å². The van der Waals surface area contributed by atoms with E-state index in [0.717, 1.165) is 5.82 Å². The van der Waals surface area contributed by atoms with E-state index in [-0.39, 0.29) is 18.9 Å². The molecule has 0 bridgehead atoms. The second kappa shape index (κ2) is 10.1. The van der Waals surface area contributed by atoms with E-state index in [9.17, 15) is 14.4 Å². The average molecular weight is 498 g/mol. The Morgan fingerprint density at radius 3 is 2.44 bits per heavy atom. The minimum Gasteiger partial charge on any atom is -0.444 e. The van der Waals surface area contributed by atoms with Crippen molar-refractivity contribution >= 4 is 29.4 Å². The quantitative estimate of drug-likeness (QED) is 0.657. The van der Waals surface area contributed by atoms with Gasteiger partial charge in [-0.25, -0.2) is 14.2 Å². The van der Waals surface area contributed by atoms with E-state index in [0.29, 0.717) is 49.4 Å². The zero-order valence-electron chi connectivity index (χ0n) is 20.9. The Morgan fingerprint density at radius 1 is 1.14 bits per heavy atom. The standard InChI is InChI=1S/C26H32FN5O4/c1-26(2,3)24(34)31-12-10-30(11-13-31)23-9-4-17(15-29-23)20-7-5-18(14-21(20)27)32-16-19(36-25(32)35)6-8-22(28)33/h4-5,7,9,14-15,19H,6,8,10-13,16H2,1-3H3,(H2,28,33). The monoisotopic (exact) mass is 497 g/mol. The van der Waals surface area contributed by atoms with Crippen LogP contribution in [0.1, 0.15) is 33.6 Å². The fourth-order valence-corrected chi connectivity index (χ4v) is 4.44. The molecule has 1 unspecified atom stereocenters. The first-order chi connectivity index (χ1) is 17.0. The number of hydrogen-bond acceptors (Lipinski definition) is 6. The number of halogens is 1. The number of ether oxygens (including phenoxy) is 1. The van der Waals surface area contributed by atoms with E-state index >= 15 is 4.39 Å². The van der Waals surface area contributed by atoms with Crippen LogP contribution < -0.4 is 15.5 Å². The van der Waals surface area contributed by atoms with Crippen molar-refractivity contribution in [1.82, 2.24) is 9.88 Å². The lowest BCUT2D eigenvalue weighted by atomic mass is 9.94. The highest BCUT2D eigenvalue weighted by Crippen LogP contribution is 2.30. The summed E-state index contributed by atoms with van der Waals surface area (Å²) in [6.45, 7) is 8.65. The van der Waals surface area contributed by atoms with Gasteiger partial charge in [-0.3, -0.25) is 14.5 Å². The normalized spacial score (nSPS) is 18.4. The first-order valence-electron chi connectivity index (χ1n) is 12.1. The van der Waals surface area contributed by atoms with Crippen LogP contribution in [-0.2, 0) is 14.3 Å². The van der Waals surface area contributed by atoms with Gasteiger partial charge < -0.3 is 20.3 Å². The first kappa shape index (κ1) is 25.4. The van der Waals surface area contributed by atoms with E-state index in [4.69, 9.17) is 10.5 Å². The van der Waals surface area contributed by atoms with Gasteiger partial charge in [0.1, 0.15) is 17.7 Å². The van der Waals surface area contributed by atoms with Crippen molar-refractivity contribution in [2.75, 3.05) is 42.5 Å². The number of hydrogen-bond donors (Lipinski definition) is 1. The number of cyclic esters (lactones) is 1. The Balaban J connectivity index is 1.40. The highest BCUT2D eigenvalue weighted by Gasteiger charge is 2.33. The van der Waals surface area contributed by atoms with Gasteiger partial charge in [0.05, 0.1) is 12.2 Å². The van der Waals surface area contributed by atoms with Crippen LogP contribution in [0.3, 0.4) is 0 Å². The summed E-state index contributed by atoms with van der Waals surface area (Å²) >= 11 is 0. The Hall–Kier alpha value is -3.69. The third-order valence-corrected chi connectivity index (χ3v) is 6.44. The molecule has 2 saturated heterocycles. The second-order valence-electron chi connectivity index (χ2n) is 10.2. The molecule has 192 valence electrons. The Kier molecular flexibility index (Phi) is 7.14. The van der Waals surface area contributed by atoms with Crippen LogP contribution in [0.25, 0.3) is 11.1 Å². The fraction of sp³-hybridized carbons (Fsp3) is 0.462. The predicted molar refractivity (Wildman–Crippen MR) is 134 cm³/mol. The number of carbonyl (C=O) groups is 3. The van der Waals surface area contributed by atoms with E-state index in [1.54, 1.807) is 18.3 Å². The molecule has 2 aliphatic heterocycles. The lowest BCUT2D eigenvalue weighted by Crippen LogP contribution is -2.51. The molecule has 1 aromatic heterocycles. The molecule has 3 amide bonds. The molecule has 1 aromatic carbocycles. The molecule has 0 aliphatic carbocycles. The topological polar surface area (TPSA) is 109 Å². The molecule has 3 heterocycles. The van der Waals surface area contributed by atoms with Gasteiger partial charge in [-0.2, -0.15) is 0 Å². The van der Waals surface area contributed by atoms with E-state index in [1.165, 1.54) is 11.0 Å². The van der Waals surface area contributed by atoms with Gasteiger partial charge in [-0.1, -0.05) is 20.8 Å². The van der Waals surface area contributed by atoms with Crippen molar-refractivity contribution in [2.45, 2.75) is 39.7 Å². The molecular formula is C26H32FN5O4. The number of aromatic nitrogens is 1. The van der Waals surface area contributed by atoms with Crippen molar-refractivity contribution in [2.24, 2.45) is 11.1 Å². The summed E-state index contributed by atoms with van der Waals surface area (Å²) in [5.41, 5.74) is 6.13. The van der Waals surface area contributed by atoms with Gasteiger partial charge in [0, 0.05) is 55.3 Å². The van der Waals surface area contributed by atoms with Crippen LogP contribution in [0.2, 0.25) is 0 Å². The smallest absolute Gasteiger partial charge is 0.414 e. The molecule has 0 radical (unpaired) electrons. The zero-order valence-corrected chi connectivity index (χ0v) is 20.9. The number of carbonyl (C=O) groups excluding carboxylic acids is 3. The van der Waals surface area contributed by atoms with Gasteiger partial charge in [-0.15, -0.1) is 0 Å². The van der Waals surface area contributed by atoms with Gasteiger partial charge in [-0.05, 0) is 36.8 Å². The summed E-state index contributed by atoms with van der Waals surface area (Å²) in [5.74, 6) is -0.0182. The van der Waals surface area contributed by atoms with Crippen LogP contribution in [-0.4, -0.2) is 66.6 Å². The van der Waals surface area contributed by atoms with Crippen LogP contribution in [0, 0.1) is 11.2 Å². The van der Waals surface area contributed by atoms with Gasteiger partial charge in [0.2, 0.25) is 11.8 Å². The maximum Gasteiger partial charge on any atom is 0.414 e. The number of primary amides is 1. The Bertz CT molecular complexity index is 1140. The highest BCUT2D eigenvalue weighted by atomic mass is 19.1. The van der Waals surface area contributed by atoms with Crippen molar-refractivity contribution in [3.05, 3.63) is 42.3 Å². The molecule has 36 heavy (non-hydrogen) atoms. The van der Waals surface area contributed by atoms with Crippen LogP contribution in [0.15, 0.2) is 36.5 Å². The van der Waals surface area contributed by atoms with Gasteiger partial charge >= 0.3 is 6.09 Å². The zero-order chi connectivity index (χ0) is 26.0. The first-order valence-corrected chi connectivity index (χ1v) is 12.1. The molecule has 0 saturated carbocycles. The second-order valence-corrected chi connectivity index (χ2v) is 10.2. The maximum absolute atomic E-state index is 15.0. The molecule has 10 heteroatoms. The summed E-state index contributed by atoms with van der Waals surface area (Å²) in [6.07, 6.45) is 1.04. The van der Waals surface area contributed by atoms with Crippen molar-refractivity contribution in [3.8, 4) is 11.1 Å². The summed E-state index contributed by atoms with van der Waals surface area (Å²) in [7, 11) is 0.